The molecule has 1 aromatic heterocycles. The van der Waals surface area contributed by atoms with Gasteiger partial charge in [0.25, 0.3) is 5.91 Å². The molecule has 6 nitrogen and oxygen atoms in total. The number of carbonyl (C=O) groups is 2. The van der Waals surface area contributed by atoms with Crippen molar-refractivity contribution in [2.45, 2.75) is 32.2 Å². The van der Waals surface area contributed by atoms with Crippen LogP contribution in [0, 0.1) is 5.92 Å². The summed E-state index contributed by atoms with van der Waals surface area (Å²) >= 11 is 0. The zero-order valence-corrected chi connectivity index (χ0v) is 20.0. The SMILES string of the molecule is CC(C(=O)N1CCC(Cc2ccccc2)CC1)N1CCN(C(=O)c2cc3ccccc3[nH]2)CC1. The van der Waals surface area contributed by atoms with Gasteiger partial charge in [0.2, 0.25) is 5.91 Å². The molecule has 0 bridgehead atoms. The molecule has 0 saturated carbocycles. The summed E-state index contributed by atoms with van der Waals surface area (Å²) < 4.78 is 0. The molecular weight excluding hydrogens is 424 g/mol. The summed E-state index contributed by atoms with van der Waals surface area (Å²) in [5, 5.41) is 1.05. The van der Waals surface area contributed by atoms with Crippen molar-refractivity contribution >= 4 is 22.7 Å². The second-order valence-corrected chi connectivity index (χ2v) is 9.73. The Balaban J connectivity index is 1.10. The molecule has 0 spiro atoms. The van der Waals surface area contributed by atoms with E-state index in [0.29, 0.717) is 24.7 Å². The molecule has 0 radical (unpaired) electrons. The predicted octanol–water partition coefficient (Wildman–Crippen LogP) is 3.80. The van der Waals surface area contributed by atoms with E-state index in [-0.39, 0.29) is 17.9 Å². The third kappa shape index (κ3) is 4.87. The van der Waals surface area contributed by atoms with Crippen molar-refractivity contribution in [3.05, 3.63) is 71.9 Å². The summed E-state index contributed by atoms with van der Waals surface area (Å²) in [6.07, 6.45) is 3.24. The van der Waals surface area contributed by atoms with Crippen LogP contribution >= 0.6 is 0 Å². The number of benzene rings is 2. The molecule has 1 unspecified atom stereocenters. The van der Waals surface area contributed by atoms with E-state index in [4.69, 9.17) is 0 Å². The smallest absolute Gasteiger partial charge is 0.270 e. The van der Waals surface area contributed by atoms with Crippen molar-refractivity contribution in [2.75, 3.05) is 39.3 Å². The van der Waals surface area contributed by atoms with Crippen LogP contribution in [-0.4, -0.2) is 76.8 Å². The Kier molecular flexibility index (Phi) is 6.68. The first-order chi connectivity index (χ1) is 16.6. The lowest BCUT2D eigenvalue weighted by atomic mass is 9.90. The highest BCUT2D eigenvalue weighted by Gasteiger charge is 2.32. The van der Waals surface area contributed by atoms with Crippen molar-refractivity contribution in [1.29, 1.82) is 0 Å². The number of amides is 2. The number of aromatic amines is 1. The number of aromatic nitrogens is 1. The maximum absolute atomic E-state index is 13.2. The lowest BCUT2D eigenvalue weighted by Crippen LogP contribution is -2.56. The number of piperidine rings is 1. The first-order valence-corrected chi connectivity index (χ1v) is 12.5. The van der Waals surface area contributed by atoms with Crippen LogP contribution in [0.15, 0.2) is 60.7 Å². The Hall–Kier alpha value is -3.12. The van der Waals surface area contributed by atoms with Crippen LogP contribution in [0.3, 0.4) is 0 Å². The number of para-hydroxylation sites is 1. The topological polar surface area (TPSA) is 59.7 Å². The molecule has 178 valence electrons. The molecule has 1 N–H and O–H groups in total. The summed E-state index contributed by atoms with van der Waals surface area (Å²) in [5.41, 5.74) is 3.01. The van der Waals surface area contributed by atoms with Crippen LogP contribution in [0.1, 0.15) is 35.8 Å². The first kappa shape index (κ1) is 22.7. The molecule has 2 aliphatic heterocycles. The quantitative estimate of drug-likeness (QED) is 0.633. The van der Waals surface area contributed by atoms with Crippen LogP contribution in [0.25, 0.3) is 10.9 Å². The van der Waals surface area contributed by atoms with E-state index in [1.54, 1.807) is 0 Å². The van der Waals surface area contributed by atoms with Gasteiger partial charge in [-0.15, -0.1) is 0 Å². The van der Waals surface area contributed by atoms with Gasteiger partial charge in [-0.05, 0) is 49.8 Å². The van der Waals surface area contributed by atoms with Gasteiger partial charge in [0, 0.05) is 50.2 Å². The maximum Gasteiger partial charge on any atom is 0.270 e. The summed E-state index contributed by atoms with van der Waals surface area (Å²) in [4.78, 5) is 35.6. The van der Waals surface area contributed by atoms with Crippen LogP contribution in [0.4, 0.5) is 0 Å². The van der Waals surface area contributed by atoms with E-state index >= 15 is 0 Å². The Labute approximate surface area is 201 Å². The fourth-order valence-electron chi connectivity index (χ4n) is 5.40. The van der Waals surface area contributed by atoms with Gasteiger partial charge in [-0.1, -0.05) is 48.5 Å². The van der Waals surface area contributed by atoms with Gasteiger partial charge in [-0.3, -0.25) is 14.5 Å². The highest BCUT2D eigenvalue weighted by Crippen LogP contribution is 2.23. The van der Waals surface area contributed by atoms with Crippen LogP contribution < -0.4 is 0 Å². The average Bonchev–Trinajstić information content (AvgIpc) is 3.33. The van der Waals surface area contributed by atoms with E-state index in [1.807, 2.05) is 47.1 Å². The third-order valence-corrected chi connectivity index (χ3v) is 7.56. The standard InChI is InChI=1S/C28H34N4O2/c1-21(27(33)31-13-11-23(12-14-31)19-22-7-3-2-4-8-22)30-15-17-32(18-16-30)28(34)26-20-24-9-5-6-10-25(24)29-26/h2-10,20-21,23,29H,11-19H2,1H3. The molecule has 5 rings (SSSR count). The Morgan fingerprint density at radius 1 is 0.882 bits per heavy atom. The van der Waals surface area contributed by atoms with Gasteiger partial charge in [0.15, 0.2) is 0 Å². The molecule has 6 heteroatoms. The van der Waals surface area contributed by atoms with E-state index in [2.05, 4.69) is 40.2 Å². The van der Waals surface area contributed by atoms with E-state index in [9.17, 15) is 9.59 Å². The first-order valence-electron chi connectivity index (χ1n) is 12.5. The normalized spacial score (nSPS) is 18.9. The number of nitrogens with zero attached hydrogens (tertiary/aromatic N) is 3. The summed E-state index contributed by atoms with van der Waals surface area (Å²) in [6.45, 7) is 6.45. The van der Waals surface area contributed by atoms with Crippen molar-refractivity contribution in [3.8, 4) is 0 Å². The van der Waals surface area contributed by atoms with E-state index in [0.717, 1.165) is 56.3 Å². The molecule has 2 aliphatic rings. The third-order valence-electron chi connectivity index (χ3n) is 7.56. The number of likely N-dealkylation sites (tertiary alicyclic amines) is 1. The minimum Gasteiger partial charge on any atom is -0.351 e. The monoisotopic (exact) mass is 458 g/mol. The summed E-state index contributed by atoms with van der Waals surface area (Å²) in [7, 11) is 0. The molecule has 2 saturated heterocycles. The summed E-state index contributed by atoms with van der Waals surface area (Å²) in [5.74, 6) is 0.921. The Morgan fingerprint density at radius 3 is 2.26 bits per heavy atom. The zero-order chi connectivity index (χ0) is 23.5. The van der Waals surface area contributed by atoms with Crippen molar-refractivity contribution < 1.29 is 9.59 Å². The number of hydrogen-bond donors (Lipinski definition) is 1. The van der Waals surface area contributed by atoms with Crippen molar-refractivity contribution in [1.82, 2.24) is 19.7 Å². The molecule has 3 heterocycles. The average molecular weight is 459 g/mol. The second kappa shape index (κ2) is 10.0. The Morgan fingerprint density at radius 2 is 1.56 bits per heavy atom. The van der Waals surface area contributed by atoms with Gasteiger partial charge in [0.05, 0.1) is 6.04 Å². The van der Waals surface area contributed by atoms with Gasteiger partial charge < -0.3 is 14.8 Å². The van der Waals surface area contributed by atoms with Crippen molar-refractivity contribution in [3.63, 3.8) is 0 Å². The fourth-order valence-corrected chi connectivity index (χ4v) is 5.40. The van der Waals surface area contributed by atoms with E-state index in [1.165, 1.54) is 5.56 Å². The Bertz CT molecular complexity index is 1090. The maximum atomic E-state index is 13.2. The minimum absolute atomic E-state index is 0.0373. The fraction of sp³-hybridized carbons (Fsp3) is 0.429. The van der Waals surface area contributed by atoms with Crippen LogP contribution in [-0.2, 0) is 11.2 Å². The number of fused-ring (bicyclic) bond motifs is 1. The predicted molar refractivity (Wildman–Crippen MR) is 135 cm³/mol. The van der Waals surface area contributed by atoms with Gasteiger partial charge in [0.1, 0.15) is 5.69 Å². The van der Waals surface area contributed by atoms with Crippen LogP contribution in [0.2, 0.25) is 0 Å². The second-order valence-electron chi connectivity index (χ2n) is 9.73. The number of hydrogen-bond acceptors (Lipinski definition) is 3. The number of carbonyl (C=O) groups excluding carboxylic acids is 2. The lowest BCUT2D eigenvalue weighted by molar-refractivity contribution is -0.138. The molecule has 34 heavy (non-hydrogen) atoms. The number of rotatable bonds is 5. The summed E-state index contributed by atoms with van der Waals surface area (Å²) in [6, 6.07) is 20.4. The number of H-pyrrole nitrogens is 1. The highest BCUT2D eigenvalue weighted by atomic mass is 16.2. The molecular formula is C28H34N4O2. The highest BCUT2D eigenvalue weighted by molar-refractivity contribution is 5.98. The van der Waals surface area contributed by atoms with Gasteiger partial charge in [-0.2, -0.15) is 0 Å². The molecule has 1 atom stereocenters. The largest absolute Gasteiger partial charge is 0.351 e. The number of piperazine rings is 1. The lowest BCUT2D eigenvalue weighted by Gasteiger charge is -2.40. The number of nitrogens with one attached hydrogen (secondary N) is 1. The molecule has 3 aromatic rings. The van der Waals surface area contributed by atoms with Crippen molar-refractivity contribution in [2.24, 2.45) is 5.92 Å². The molecule has 2 amide bonds. The minimum atomic E-state index is -0.143. The molecule has 2 fully saturated rings. The molecule has 0 aliphatic carbocycles. The zero-order valence-electron chi connectivity index (χ0n) is 20.0. The van der Waals surface area contributed by atoms with Crippen LogP contribution in [0.5, 0.6) is 0 Å². The van der Waals surface area contributed by atoms with E-state index < -0.39 is 0 Å². The molecule has 2 aromatic carbocycles. The van der Waals surface area contributed by atoms with Gasteiger partial charge >= 0.3 is 0 Å². The van der Waals surface area contributed by atoms with Gasteiger partial charge in [-0.25, -0.2) is 0 Å².